The molecule has 8 amide bonds. The molecule has 3 saturated heterocycles. The van der Waals surface area contributed by atoms with Crippen LogP contribution in [0.5, 0.6) is 5.75 Å². The van der Waals surface area contributed by atoms with Gasteiger partial charge in [-0.15, -0.1) is 0 Å². The summed E-state index contributed by atoms with van der Waals surface area (Å²) in [6, 6.07) is 3.53. The van der Waals surface area contributed by atoms with E-state index in [-0.39, 0.29) is 76.0 Å². The summed E-state index contributed by atoms with van der Waals surface area (Å²) in [4.78, 5) is 135. The van der Waals surface area contributed by atoms with Gasteiger partial charge in [-0.05, 0) is 110 Å². The summed E-state index contributed by atoms with van der Waals surface area (Å²) in [5.41, 5.74) is 28.8. The zero-order valence-electron chi connectivity index (χ0n) is 43.2. The number of nitrogens with two attached hydrogens (primary N) is 5. The third-order valence-corrected chi connectivity index (χ3v) is 14.4. The number of carboxylic acid groups (broad SMARTS) is 1. The van der Waals surface area contributed by atoms with Gasteiger partial charge in [-0.25, -0.2) is 4.79 Å². The van der Waals surface area contributed by atoms with Crippen LogP contribution in [0.1, 0.15) is 75.3 Å². The summed E-state index contributed by atoms with van der Waals surface area (Å²) in [6.07, 6.45) is 2.82. The fourth-order valence-corrected chi connectivity index (χ4v) is 10.2. The number of carbonyl (C=O) groups is 9. The van der Waals surface area contributed by atoms with Crippen LogP contribution in [0.3, 0.4) is 0 Å². The van der Waals surface area contributed by atoms with Gasteiger partial charge in [0, 0.05) is 45.6 Å². The molecule has 18 N–H and O–H groups in total. The Morgan fingerprint density at radius 3 is 1.77 bits per heavy atom. The lowest BCUT2D eigenvalue weighted by atomic mass is 10.0. The van der Waals surface area contributed by atoms with E-state index in [1.54, 1.807) is 36.4 Å². The molecule has 28 heteroatoms. The van der Waals surface area contributed by atoms with Gasteiger partial charge in [0.05, 0.1) is 22.8 Å². The molecule has 426 valence electrons. The highest BCUT2D eigenvalue weighted by Crippen LogP contribution is 2.27. The third kappa shape index (κ3) is 17.9. The number of aliphatic hydroxyl groups is 1. The zero-order chi connectivity index (χ0) is 57.1. The minimum Gasteiger partial charge on any atom is -0.507 e. The fourth-order valence-electron chi connectivity index (χ4n) is 9.61. The van der Waals surface area contributed by atoms with Crippen molar-refractivity contribution in [1.82, 2.24) is 41.3 Å². The number of rotatable bonds is 27. The maximum Gasteiger partial charge on any atom is 0.326 e. The molecule has 0 spiro atoms. The topological polar surface area (TPSA) is 439 Å². The van der Waals surface area contributed by atoms with E-state index in [9.17, 15) is 58.5 Å². The molecule has 3 aliphatic rings. The number of nitrogens with one attached hydrogen (secondary N) is 5. The number of hydrogen-bond donors (Lipinski definition) is 13. The average Bonchev–Trinajstić information content (AvgIpc) is 4.23. The highest BCUT2D eigenvalue weighted by atomic mass is 127. The van der Waals surface area contributed by atoms with Gasteiger partial charge in [0.2, 0.25) is 47.3 Å². The molecule has 0 radical (unpaired) electrons. The number of carbonyl (C=O) groups excluding carboxylic acids is 8. The van der Waals surface area contributed by atoms with Crippen LogP contribution in [0.4, 0.5) is 0 Å². The van der Waals surface area contributed by atoms with Gasteiger partial charge in [0.1, 0.15) is 48.0 Å². The molecule has 3 heterocycles. The van der Waals surface area contributed by atoms with Crippen LogP contribution < -0.4 is 55.3 Å². The quantitative estimate of drug-likeness (QED) is 0.0177. The SMILES string of the molecule is NC(N)=NCCCC(N)C(=O)N1CCCC1C(=O)N1CCCC1C(=O)NCC(=O)NC(Cc1ccccc1)C(=O)NC(CO)C(=O)N1CCCC1C(=O)NC(Cc1ccc(O)c(I)c1)C(=O)NC(CCCN=C(N)N)C(=O)O. The number of benzene rings is 2. The lowest BCUT2D eigenvalue weighted by molar-refractivity contribution is -0.147. The third-order valence-electron chi connectivity index (χ3n) is 13.6. The first-order chi connectivity index (χ1) is 37.2. The highest BCUT2D eigenvalue weighted by molar-refractivity contribution is 14.1. The maximum absolute atomic E-state index is 14.2. The smallest absolute Gasteiger partial charge is 0.326 e. The molecular formula is C50H72IN15O12. The van der Waals surface area contributed by atoms with Gasteiger partial charge in [0.25, 0.3) is 0 Å². The highest BCUT2D eigenvalue weighted by Gasteiger charge is 2.44. The van der Waals surface area contributed by atoms with E-state index < -0.39 is 115 Å². The minimum absolute atomic E-state index is 0.0229. The van der Waals surface area contributed by atoms with E-state index in [2.05, 4.69) is 36.6 Å². The van der Waals surface area contributed by atoms with Crippen molar-refractivity contribution in [3.05, 3.63) is 63.2 Å². The van der Waals surface area contributed by atoms with Gasteiger partial charge in [0.15, 0.2) is 11.9 Å². The second kappa shape index (κ2) is 30.0. The molecule has 27 nitrogen and oxygen atoms in total. The Balaban J connectivity index is 1.22. The monoisotopic (exact) mass is 1200 g/mol. The molecule has 5 rings (SSSR count). The number of likely N-dealkylation sites (tertiary alicyclic amines) is 3. The number of hydrogen-bond acceptors (Lipinski definition) is 14. The number of amides is 8. The Morgan fingerprint density at radius 2 is 1.18 bits per heavy atom. The number of aliphatic imine (C=N–C) groups is 2. The Hall–Kier alpha value is -7.34. The molecule has 3 aliphatic heterocycles. The van der Waals surface area contributed by atoms with Crippen molar-refractivity contribution in [1.29, 1.82) is 0 Å². The van der Waals surface area contributed by atoms with Gasteiger partial charge in [-0.2, -0.15) is 0 Å². The number of aliphatic carboxylic acids is 1. The van der Waals surface area contributed by atoms with Crippen LogP contribution in [0.25, 0.3) is 0 Å². The summed E-state index contributed by atoms with van der Waals surface area (Å²) >= 11 is 1.89. The largest absolute Gasteiger partial charge is 0.507 e. The van der Waals surface area contributed by atoms with Gasteiger partial charge in [-0.1, -0.05) is 36.4 Å². The van der Waals surface area contributed by atoms with Crippen molar-refractivity contribution in [3.63, 3.8) is 0 Å². The summed E-state index contributed by atoms with van der Waals surface area (Å²) < 4.78 is 0.446. The van der Waals surface area contributed by atoms with Crippen LogP contribution in [0.2, 0.25) is 0 Å². The van der Waals surface area contributed by atoms with Gasteiger partial charge >= 0.3 is 5.97 Å². The minimum atomic E-state index is -1.61. The molecule has 8 unspecified atom stereocenters. The summed E-state index contributed by atoms with van der Waals surface area (Å²) in [5, 5.41) is 43.4. The number of halogens is 1. The molecule has 0 bridgehead atoms. The van der Waals surface area contributed by atoms with E-state index in [0.29, 0.717) is 66.2 Å². The summed E-state index contributed by atoms with van der Waals surface area (Å²) in [7, 11) is 0. The van der Waals surface area contributed by atoms with Crippen molar-refractivity contribution >= 4 is 87.7 Å². The van der Waals surface area contributed by atoms with Crippen LogP contribution in [0.15, 0.2) is 58.5 Å². The Labute approximate surface area is 464 Å². The zero-order valence-corrected chi connectivity index (χ0v) is 45.3. The molecular weight excluding hydrogens is 1130 g/mol. The van der Waals surface area contributed by atoms with Crippen LogP contribution in [-0.4, -0.2) is 189 Å². The first-order valence-corrected chi connectivity index (χ1v) is 26.9. The molecule has 2 aromatic rings. The van der Waals surface area contributed by atoms with E-state index in [0.717, 1.165) is 4.90 Å². The molecule has 0 aromatic heterocycles. The number of nitrogens with zero attached hydrogens (tertiary/aromatic N) is 5. The molecule has 0 saturated carbocycles. The second-order valence-corrected chi connectivity index (χ2v) is 20.5. The summed E-state index contributed by atoms with van der Waals surface area (Å²) in [6.45, 7) is -0.551. The average molecular weight is 1200 g/mol. The van der Waals surface area contributed by atoms with Crippen molar-refractivity contribution in [2.45, 2.75) is 125 Å². The summed E-state index contributed by atoms with van der Waals surface area (Å²) in [5.74, 6) is -7.20. The first-order valence-electron chi connectivity index (χ1n) is 25.8. The van der Waals surface area contributed by atoms with Crippen molar-refractivity contribution in [2.75, 3.05) is 45.9 Å². The lowest BCUT2D eigenvalue weighted by Crippen LogP contribution is -2.60. The predicted octanol–water partition coefficient (Wildman–Crippen LogP) is -3.68. The Kier molecular flexibility index (Phi) is 23.6. The van der Waals surface area contributed by atoms with Gasteiger partial charge < -0.3 is 85.3 Å². The van der Waals surface area contributed by atoms with Crippen LogP contribution in [-0.2, 0) is 56.0 Å². The van der Waals surface area contributed by atoms with E-state index in [4.69, 9.17) is 28.7 Å². The van der Waals surface area contributed by atoms with Crippen LogP contribution in [0, 0.1) is 3.57 Å². The van der Waals surface area contributed by atoms with E-state index in [1.807, 2.05) is 22.6 Å². The molecule has 8 atom stereocenters. The molecule has 2 aromatic carbocycles. The van der Waals surface area contributed by atoms with Crippen LogP contribution >= 0.6 is 22.6 Å². The standard InChI is InChI=1S/C50H72IN15O12/c51-30-23-29(16-17-39(30)68)25-34(42(71)61-32(48(77)78)12-5-19-58-50(55)56)62-44(73)37-14-7-20-64(37)46(75)35(27-67)63-41(70)33(24-28-9-2-1-3-10-28)60-40(69)26-59-43(72)36-13-6-21-65(36)47(76)38-15-8-22-66(38)45(74)31(52)11-4-18-57-49(53)54/h1-3,9-10,16-17,23,31-38,67-68H,4-8,11-15,18-22,24-27,52H2,(H,59,72)(H,60,69)(H,61,71)(H,62,73)(H,63,70)(H,77,78)(H4,53,54,57)(H4,55,56,58). The van der Waals surface area contributed by atoms with Crippen molar-refractivity contribution in [2.24, 2.45) is 38.7 Å². The molecule has 3 fully saturated rings. The number of carboxylic acids is 1. The Morgan fingerprint density at radius 1 is 0.641 bits per heavy atom. The maximum atomic E-state index is 14.2. The molecule has 0 aliphatic carbocycles. The number of guanidine groups is 2. The number of aliphatic hydroxyl groups excluding tert-OH is 1. The normalized spacial score (nSPS) is 18.8. The fraction of sp³-hybridized carbons (Fsp3) is 0.540. The van der Waals surface area contributed by atoms with E-state index >= 15 is 0 Å². The van der Waals surface area contributed by atoms with E-state index in [1.165, 1.54) is 21.9 Å². The number of phenolic OH excluding ortho intramolecular Hbond substituents is 1. The van der Waals surface area contributed by atoms with Crippen molar-refractivity contribution < 1.29 is 58.5 Å². The predicted molar refractivity (Wildman–Crippen MR) is 292 cm³/mol. The second-order valence-electron chi connectivity index (χ2n) is 19.3. The number of phenols is 1. The van der Waals surface area contributed by atoms with Gasteiger partial charge in [-0.3, -0.25) is 48.3 Å². The first kappa shape index (κ1) is 61.5. The molecule has 78 heavy (non-hydrogen) atoms. The Bertz CT molecular complexity index is 2530. The van der Waals surface area contributed by atoms with Crippen molar-refractivity contribution in [3.8, 4) is 5.75 Å². The lowest BCUT2D eigenvalue weighted by Gasteiger charge is -2.32. The number of aromatic hydroxyl groups is 1.